The van der Waals surface area contributed by atoms with Gasteiger partial charge in [-0.15, -0.1) is 10.2 Å². The largest absolute Gasteiger partial charge is 0.493 e. The van der Waals surface area contributed by atoms with Crippen LogP contribution in [0.15, 0.2) is 29.3 Å². The zero-order chi connectivity index (χ0) is 22.2. The molecule has 0 radical (unpaired) electrons. The molecule has 2 N–H and O–H groups in total. The lowest BCUT2D eigenvalue weighted by Crippen LogP contribution is -2.42. The molecule has 1 aliphatic heterocycles. The Morgan fingerprint density at radius 1 is 1.32 bits per heavy atom. The number of rotatable bonds is 9. The number of hydrogen-bond acceptors (Lipinski definition) is 5. The first kappa shape index (κ1) is 23.1. The van der Waals surface area contributed by atoms with Gasteiger partial charge in [-0.1, -0.05) is 32.0 Å². The number of para-hydroxylation sites is 1. The summed E-state index contributed by atoms with van der Waals surface area (Å²) < 4.78 is 13.7. The second kappa shape index (κ2) is 11.1. The smallest absolute Gasteiger partial charge is 0.192 e. The Morgan fingerprint density at radius 2 is 2.13 bits per heavy atom. The fourth-order valence-corrected chi connectivity index (χ4v) is 3.70. The van der Waals surface area contributed by atoms with E-state index in [0.717, 1.165) is 54.9 Å². The van der Waals surface area contributed by atoms with Gasteiger partial charge in [0.15, 0.2) is 11.8 Å². The van der Waals surface area contributed by atoms with Crippen molar-refractivity contribution in [3.05, 3.63) is 41.5 Å². The Hall–Kier alpha value is -2.61. The SMILES string of the molecule is CCOC(CCNC(=NCc1nnc(C)n1C)NC1CCOc2ccccc21)C(C)C. The van der Waals surface area contributed by atoms with Crippen LogP contribution in [0.2, 0.25) is 0 Å². The summed E-state index contributed by atoms with van der Waals surface area (Å²) in [4.78, 5) is 4.81. The first-order valence-corrected chi connectivity index (χ1v) is 11.2. The van der Waals surface area contributed by atoms with Gasteiger partial charge in [0.25, 0.3) is 0 Å². The van der Waals surface area contributed by atoms with E-state index in [1.54, 1.807) is 0 Å². The Labute approximate surface area is 185 Å². The van der Waals surface area contributed by atoms with Crippen molar-refractivity contribution in [3.63, 3.8) is 0 Å². The molecule has 170 valence electrons. The molecule has 0 aliphatic carbocycles. The predicted octanol–water partition coefficient (Wildman–Crippen LogP) is 3.13. The van der Waals surface area contributed by atoms with Crippen molar-refractivity contribution >= 4 is 5.96 Å². The zero-order valence-corrected chi connectivity index (χ0v) is 19.4. The van der Waals surface area contributed by atoms with Gasteiger partial charge in [0.05, 0.1) is 18.8 Å². The third kappa shape index (κ3) is 6.19. The minimum Gasteiger partial charge on any atom is -0.493 e. The van der Waals surface area contributed by atoms with Crippen LogP contribution in [-0.4, -0.2) is 46.6 Å². The summed E-state index contributed by atoms with van der Waals surface area (Å²) in [6, 6.07) is 8.32. The van der Waals surface area contributed by atoms with E-state index in [1.807, 2.05) is 43.7 Å². The van der Waals surface area contributed by atoms with E-state index < -0.39 is 0 Å². The van der Waals surface area contributed by atoms with Crippen LogP contribution in [0.1, 0.15) is 56.9 Å². The first-order chi connectivity index (χ1) is 15.0. The van der Waals surface area contributed by atoms with E-state index in [-0.39, 0.29) is 12.1 Å². The molecule has 3 rings (SSSR count). The van der Waals surface area contributed by atoms with Crippen LogP contribution in [0.5, 0.6) is 5.75 Å². The van der Waals surface area contributed by atoms with Crippen molar-refractivity contribution in [2.75, 3.05) is 19.8 Å². The lowest BCUT2D eigenvalue weighted by molar-refractivity contribution is 0.0258. The van der Waals surface area contributed by atoms with E-state index in [0.29, 0.717) is 19.1 Å². The average molecular weight is 429 g/mol. The molecule has 1 aromatic carbocycles. The van der Waals surface area contributed by atoms with Crippen molar-refractivity contribution in [3.8, 4) is 5.75 Å². The second-order valence-corrected chi connectivity index (χ2v) is 8.21. The molecule has 2 unspecified atom stereocenters. The number of ether oxygens (including phenoxy) is 2. The molecule has 0 saturated carbocycles. The van der Waals surface area contributed by atoms with E-state index >= 15 is 0 Å². The standard InChI is InChI=1S/C23H36N6O2/c1-6-30-20(16(2)3)11-13-24-23(25-15-22-28-27-17(4)29(22)5)26-19-12-14-31-21-10-8-7-9-18(19)21/h7-10,16,19-20H,6,11-15H2,1-5H3,(H2,24,25,26). The van der Waals surface area contributed by atoms with Crippen molar-refractivity contribution in [2.45, 2.75) is 59.2 Å². The monoisotopic (exact) mass is 428 g/mol. The van der Waals surface area contributed by atoms with Crippen LogP contribution in [0.4, 0.5) is 0 Å². The summed E-state index contributed by atoms with van der Waals surface area (Å²) in [5.74, 6) is 3.88. The number of aryl methyl sites for hydroxylation is 1. The number of aromatic nitrogens is 3. The Morgan fingerprint density at radius 3 is 2.84 bits per heavy atom. The third-order valence-electron chi connectivity index (χ3n) is 5.68. The molecule has 0 bridgehead atoms. The number of nitrogens with zero attached hydrogens (tertiary/aromatic N) is 4. The maximum atomic E-state index is 5.89. The maximum Gasteiger partial charge on any atom is 0.192 e. The van der Waals surface area contributed by atoms with Crippen molar-refractivity contribution in [2.24, 2.45) is 18.0 Å². The molecule has 2 aromatic rings. The molecule has 8 nitrogen and oxygen atoms in total. The van der Waals surface area contributed by atoms with Crippen molar-refractivity contribution in [1.82, 2.24) is 25.4 Å². The van der Waals surface area contributed by atoms with Gasteiger partial charge in [-0.2, -0.15) is 0 Å². The normalized spacial score (nSPS) is 17.2. The lowest BCUT2D eigenvalue weighted by atomic mass is 10.0. The highest BCUT2D eigenvalue weighted by atomic mass is 16.5. The molecule has 1 aromatic heterocycles. The Kier molecular flexibility index (Phi) is 8.28. The molecule has 0 amide bonds. The second-order valence-electron chi connectivity index (χ2n) is 8.21. The molecule has 2 atom stereocenters. The molecular weight excluding hydrogens is 392 g/mol. The molecule has 0 fully saturated rings. The summed E-state index contributed by atoms with van der Waals surface area (Å²) in [5.41, 5.74) is 1.16. The molecule has 31 heavy (non-hydrogen) atoms. The molecule has 8 heteroatoms. The van der Waals surface area contributed by atoms with Crippen LogP contribution >= 0.6 is 0 Å². The van der Waals surface area contributed by atoms with E-state index in [4.69, 9.17) is 14.5 Å². The van der Waals surface area contributed by atoms with E-state index in [1.165, 1.54) is 0 Å². The van der Waals surface area contributed by atoms with Crippen LogP contribution in [0.3, 0.4) is 0 Å². The number of nitrogens with one attached hydrogen (secondary N) is 2. The fourth-order valence-electron chi connectivity index (χ4n) is 3.70. The number of aliphatic imine (C=N–C) groups is 1. The minimum atomic E-state index is 0.144. The lowest BCUT2D eigenvalue weighted by Gasteiger charge is -2.28. The molecule has 0 saturated heterocycles. The molecule has 1 aliphatic rings. The summed E-state index contributed by atoms with van der Waals surface area (Å²) in [6.07, 6.45) is 2.03. The van der Waals surface area contributed by atoms with Gasteiger partial charge in [0.1, 0.15) is 18.1 Å². The highest BCUT2D eigenvalue weighted by Gasteiger charge is 2.22. The van der Waals surface area contributed by atoms with Gasteiger partial charge < -0.3 is 24.7 Å². The third-order valence-corrected chi connectivity index (χ3v) is 5.68. The number of fused-ring (bicyclic) bond motifs is 1. The van der Waals surface area contributed by atoms with E-state index in [2.05, 4.69) is 40.7 Å². The van der Waals surface area contributed by atoms with Gasteiger partial charge in [0.2, 0.25) is 0 Å². The number of guanidine groups is 1. The zero-order valence-electron chi connectivity index (χ0n) is 19.4. The van der Waals surface area contributed by atoms with Gasteiger partial charge in [-0.25, -0.2) is 4.99 Å². The summed E-state index contributed by atoms with van der Waals surface area (Å²) in [7, 11) is 1.96. The molecule has 2 heterocycles. The van der Waals surface area contributed by atoms with Gasteiger partial charge in [0, 0.05) is 32.2 Å². The number of hydrogen-bond donors (Lipinski definition) is 2. The van der Waals surface area contributed by atoms with E-state index in [9.17, 15) is 0 Å². The molecule has 0 spiro atoms. The van der Waals surface area contributed by atoms with Crippen molar-refractivity contribution < 1.29 is 9.47 Å². The van der Waals surface area contributed by atoms with Crippen molar-refractivity contribution in [1.29, 1.82) is 0 Å². The Balaban J connectivity index is 1.71. The minimum absolute atomic E-state index is 0.144. The van der Waals surface area contributed by atoms with Crippen LogP contribution < -0.4 is 15.4 Å². The average Bonchev–Trinajstić information content (AvgIpc) is 3.09. The summed E-state index contributed by atoms with van der Waals surface area (Å²) >= 11 is 0. The highest BCUT2D eigenvalue weighted by Crippen LogP contribution is 2.31. The summed E-state index contributed by atoms with van der Waals surface area (Å²) in [5, 5.41) is 15.5. The molecular formula is C23H36N6O2. The fraction of sp³-hybridized carbons (Fsp3) is 0.609. The highest BCUT2D eigenvalue weighted by molar-refractivity contribution is 5.80. The van der Waals surface area contributed by atoms with Crippen LogP contribution in [0.25, 0.3) is 0 Å². The Bertz CT molecular complexity index is 864. The first-order valence-electron chi connectivity index (χ1n) is 11.2. The maximum absolute atomic E-state index is 5.89. The van der Waals surface area contributed by atoms with Gasteiger partial charge >= 0.3 is 0 Å². The van der Waals surface area contributed by atoms with Gasteiger partial charge in [-0.05, 0) is 32.3 Å². The van der Waals surface area contributed by atoms with Crippen LogP contribution in [0, 0.1) is 12.8 Å². The van der Waals surface area contributed by atoms with Gasteiger partial charge in [-0.3, -0.25) is 0 Å². The predicted molar refractivity (Wildman–Crippen MR) is 122 cm³/mol. The topological polar surface area (TPSA) is 85.6 Å². The quantitative estimate of drug-likeness (QED) is 0.471. The summed E-state index contributed by atoms with van der Waals surface area (Å²) in [6.45, 7) is 11.0. The number of benzene rings is 1. The van der Waals surface area contributed by atoms with Crippen LogP contribution in [-0.2, 0) is 18.3 Å².